The number of hydrogen-bond acceptors (Lipinski definition) is 6. The summed E-state index contributed by atoms with van der Waals surface area (Å²) in [5, 5.41) is 20.2. The molecule has 0 aliphatic rings. The van der Waals surface area contributed by atoms with Crippen LogP contribution < -0.4 is 10.4 Å². The Hall–Kier alpha value is -1.15. The van der Waals surface area contributed by atoms with Crippen molar-refractivity contribution < 1.29 is 27.9 Å². The summed E-state index contributed by atoms with van der Waals surface area (Å²) in [4.78, 5) is 0. The van der Waals surface area contributed by atoms with Crippen LogP contribution in [0.2, 0.25) is 38.3 Å². The van der Waals surface area contributed by atoms with Crippen LogP contribution in [0.1, 0.15) is 12.8 Å². The molecule has 0 saturated heterocycles. The fourth-order valence-electron chi connectivity index (χ4n) is 4.15. The molecular formula is C26H44O6Si3. The Morgan fingerprint density at radius 3 is 1.29 bits per heavy atom. The molecule has 0 radical (unpaired) electrons. The molecule has 0 aliphatic carbocycles. The first kappa shape index (κ1) is 30.1. The standard InChI is InChI=1S/C26H44O6Si3/c1-33(2,23-11-19-29-21-17-27)31-35(25-13-7-5-8-14-25,26-15-9-6-10-16-26)32-34(3,4)24-12-20-30-22-18-28/h5-10,13-16,27-28H,11-12,17-24H2,1-4H3. The van der Waals surface area contributed by atoms with Crippen molar-refractivity contribution in [3.8, 4) is 0 Å². The number of hydrogen-bond donors (Lipinski definition) is 2. The van der Waals surface area contributed by atoms with Crippen molar-refractivity contribution in [2.75, 3.05) is 39.6 Å². The van der Waals surface area contributed by atoms with E-state index in [1.165, 1.54) is 0 Å². The van der Waals surface area contributed by atoms with E-state index in [0.717, 1.165) is 35.3 Å². The summed E-state index contributed by atoms with van der Waals surface area (Å²) >= 11 is 0. The van der Waals surface area contributed by atoms with Crippen molar-refractivity contribution in [3.63, 3.8) is 0 Å². The Morgan fingerprint density at radius 2 is 0.943 bits per heavy atom. The zero-order chi connectivity index (χ0) is 25.6. The van der Waals surface area contributed by atoms with Gasteiger partial charge in [0.25, 0.3) is 0 Å². The minimum atomic E-state index is -3.01. The van der Waals surface area contributed by atoms with E-state index in [2.05, 4.69) is 74.7 Å². The van der Waals surface area contributed by atoms with Crippen molar-refractivity contribution >= 4 is 35.6 Å². The third-order valence-electron chi connectivity index (χ3n) is 5.75. The second-order valence-electron chi connectivity index (χ2n) is 9.95. The van der Waals surface area contributed by atoms with Crippen molar-refractivity contribution in [2.24, 2.45) is 0 Å². The highest BCUT2D eigenvalue weighted by Crippen LogP contribution is 2.27. The molecule has 2 aromatic carbocycles. The van der Waals surface area contributed by atoms with E-state index >= 15 is 0 Å². The molecular weight excluding hydrogens is 493 g/mol. The first-order valence-corrected chi connectivity index (χ1v) is 20.7. The fourth-order valence-corrected chi connectivity index (χ4v) is 17.2. The average Bonchev–Trinajstić information content (AvgIpc) is 2.84. The predicted molar refractivity (Wildman–Crippen MR) is 150 cm³/mol. The van der Waals surface area contributed by atoms with Gasteiger partial charge in [0.05, 0.1) is 26.4 Å². The van der Waals surface area contributed by atoms with Crippen LogP contribution in [0.5, 0.6) is 0 Å². The lowest BCUT2D eigenvalue weighted by Gasteiger charge is -2.43. The van der Waals surface area contributed by atoms with Gasteiger partial charge in [-0.2, -0.15) is 0 Å². The van der Waals surface area contributed by atoms with Crippen LogP contribution in [0.15, 0.2) is 60.7 Å². The Balaban J connectivity index is 2.36. The number of aliphatic hydroxyl groups excluding tert-OH is 2. The summed E-state index contributed by atoms with van der Waals surface area (Å²) in [6.07, 6.45) is 1.80. The minimum Gasteiger partial charge on any atom is -0.430 e. The quantitative estimate of drug-likeness (QED) is 0.224. The van der Waals surface area contributed by atoms with E-state index in [4.69, 9.17) is 27.9 Å². The molecule has 35 heavy (non-hydrogen) atoms. The summed E-state index contributed by atoms with van der Waals surface area (Å²) in [5.74, 6) is 0. The molecule has 2 N–H and O–H groups in total. The van der Waals surface area contributed by atoms with Crippen LogP contribution >= 0.6 is 0 Å². The van der Waals surface area contributed by atoms with E-state index in [1.807, 2.05) is 12.1 Å². The maximum atomic E-state index is 8.98. The monoisotopic (exact) mass is 536 g/mol. The van der Waals surface area contributed by atoms with Crippen molar-refractivity contribution in [1.82, 2.24) is 0 Å². The number of benzene rings is 2. The fraction of sp³-hybridized carbons (Fsp3) is 0.538. The largest absolute Gasteiger partial charge is 0.430 e. The van der Waals surface area contributed by atoms with Gasteiger partial charge in [-0.1, -0.05) is 60.7 Å². The highest BCUT2D eigenvalue weighted by atomic mass is 28.5. The lowest BCUT2D eigenvalue weighted by atomic mass is 10.4. The zero-order valence-corrected chi connectivity index (χ0v) is 24.9. The Bertz CT molecular complexity index is 751. The van der Waals surface area contributed by atoms with Gasteiger partial charge >= 0.3 is 8.56 Å². The van der Waals surface area contributed by atoms with Gasteiger partial charge in [-0.25, -0.2) is 0 Å². The lowest BCUT2D eigenvalue weighted by molar-refractivity contribution is 0.0922. The molecule has 0 amide bonds. The summed E-state index contributed by atoms with van der Waals surface area (Å²) < 4.78 is 25.6. The summed E-state index contributed by atoms with van der Waals surface area (Å²) in [5.41, 5.74) is 0. The Morgan fingerprint density at radius 1 is 0.571 bits per heavy atom. The van der Waals surface area contributed by atoms with Crippen LogP contribution in [0.4, 0.5) is 0 Å². The van der Waals surface area contributed by atoms with Crippen molar-refractivity contribution in [3.05, 3.63) is 60.7 Å². The highest BCUT2D eigenvalue weighted by molar-refractivity contribution is 7.02. The van der Waals surface area contributed by atoms with Crippen LogP contribution in [-0.2, 0) is 17.7 Å². The second-order valence-corrected chi connectivity index (χ2v) is 22.0. The number of aliphatic hydroxyl groups is 2. The van der Waals surface area contributed by atoms with E-state index in [9.17, 15) is 0 Å². The smallest absolute Gasteiger partial charge is 0.386 e. The van der Waals surface area contributed by atoms with E-state index in [1.54, 1.807) is 0 Å². The van der Waals surface area contributed by atoms with Crippen LogP contribution in [-0.4, -0.2) is 75.1 Å². The predicted octanol–water partition coefficient (Wildman–Crippen LogP) is 3.48. The minimum absolute atomic E-state index is 0.0496. The molecule has 0 aromatic heterocycles. The second kappa shape index (κ2) is 15.2. The van der Waals surface area contributed by atoms with E-state index in [-0.39, 0.29) is 13.2 Å². The van der Waals surface area contributed by atoms with Gasteiger partial charge < -0.3 is 27.9 Å². The number of ether oxygens (including phenoxy) is 2. The van der Waals surface area contributed by atoms with Gasteiger partial charge in [0.2, 0.25) is 0 Å². The molecule has 0 spiro atoms. The molecule has 6 nitrogen and oxygen atoms in total. The SMILES string of the molecule is C[Si](C)(CCCOCCO)O[Si](O[Si](C)(C)CCCOCCO)(c1ccccc1)c1ccccc1. The highest BCUT2D eigenvalue weighted by Gasteiger charge is 2.50. The summed E-state index contributed by atoms with van der Waals surface area (Å²) in [6.45, 7) is 11.2. The molecule has 2 rings (SSSR count). The number of rotatable bonds is 18. The van der Waals surface area contributed by atoms with Gasteiger partial charge in [-0.3, -0.25) is 0 Å². The van der Waals surface area contributed by atoms with Crippen molar-refractivity contribution in [2.45, 2.75) is 51.1 Å². The zero-order valence-electron chi connectivity index (χ0n) is 21.9. The molecule has 0 atom stereocenters. The van der Waals surface area contributed by atoms with Crippen LogP contribution in [0.25, 0.3) is 0 Å². The topological polar surface area (TPSA) is 77.4 Å². The molecule has 0 saturated carbocycles. The molecule has 0 bridgehead atoms. The van der Waals surface area contributed by atoms with Crippen LogP contribution in [0, 0.1) is 0 Å². The van der Waals surface area contributed by atoms with E-state index < -0.39 is 25.2 Å². The molecule has 2 aromatic rings. The molecule has 196 valence electrons. The third-order valence-corrected chi connectivity index (χ3v) is 17.8. The first-order chi connectivity index (χ1) is 16.7. The lowest BCUT2D eigenvalue weighted by Crippen LogP contribution is -2.70. The van der Waals surface area contributed by atoms with Gasteiger partial charge in [-0.05, 0) is 61.5 Å². The Kier molecular flexibility index (Phi) is 13.0. The first-order valence-electron chi connectivity index (χ1n) is 12.6. The molecule has 0 aliphatic heterocycles. The average molecular weight is 537 g/mol. The maximum Gasteiger partial charge on any atom is 0.386 e. The van der Waals surface area contributed by atoms with Gasteiger partial charge in [0.15, 0.2) is 16.6 Å². The van der Waals surface area contributed by atoms with Crippen LogP contribution in [0.3, 0.4) is 0 Å². The van der Waals surface area contributed by atoms with Gasteiger partial charge in [0.1, 0.15) is 0 Å². The molecule has 0 heterocycles. The van der Waals surface area contributed by atoms with Crippen molar-refractivity contribution in [1.29, 1.82) is 0 Å². The molecule has 9 heteroatoms. The maximum absolute atomic E-state index is 8.98. The molecule has 0 unspecified atom stereocenters. The third kappa shape index (κ3) is 10.4. The molecule has 0 fully saturated rings. The normalized spacial score (nSPS) is 12.7. The summed E-state index contributed by atoms with van der Waals surface area (Å²) in [6, 6.07) is 22.9. The van der Waals surface area contributed by atoms with Gasteiger partial charge in [-0.15, -0.1) is 0 Å². The van der Waals surface area contributed by atoms with Gasteiger partial charge in [0, 0.05) is 13.2 Å². The summed E-state index contributed by atoms with van der Waals surface area (Å²) in [7, 11) is -7.31. The van der Waals surface area contributed by atoms with E-state index in [0.29, 0.717) is 26.4 Å². The Labute approximate surface area is 214 Å².